The molecule has 1 rings (SSSR count). The van der Waals surface area contributed by atoms with Crippen LogP contribution in [0.2, 0.25) is 0 Å². The number of hydrogen-bond donors (Lipinski definition) is 1. The van der Waals surface area contributed by atoms with Crippen LogP contribution in [0.25, 0.3) is 0 Å². The number of rotatable bonds is 3. The van der Waals surface area contributed by atoms with Crippen LogP contribution < -0.4 is 5.73 Å². The molecule has 1 aliphatic carbocycles. The SMILES string of the molecule is CCCC1CCC(=O)C(C(C)N)C1. The Hall–Kier alpha value is -0.370. The summed E-state index contributed by atoms with van der Waals surface area (Å²) in [4.78, 5) is 11.5. The van der Waals surface area contributed by atoms with Crippen LogP contribution in [-0.4, -0.2) is 11.8 Å². The van der Waals surface area contributed by atoms with Gasteiger partial charge >= 0.3 is 0 Å². The minimum absolute atomic E-state index is 0.0483. The number of hydrogen-bond acceptors (Lipinski definition) is 2. The van der Waals surface area contributed by atoms with Crippen molar-refractivity contribution >= 4 is 5.78 Å². The predicted octanol–water partition coefficient (Wildman–Crippen LogP) is 2.12. The van der Waals surface area contributed by atoms with Gasteiger partial charge in [0, 0.05) is 18.4 Å². The zero-order chi connectivity index (χ0) is 9.84. The summed E-state index contributed by atoms with van der Waals surface area (Å²) in [5, 5.41) is 0. The van der Waals surface area contributed by atoms with Gasteiger partial charge in [0.05, 0.1) is 0 Å². The molecule has 0 amide bonds. The van der Waals surface area contributed by atoms with Crippen LogP contribution in [0, 0.1) is 11.8 Å². The van der Waals surface area contributed by atoms with E-state index in [0.717, 1.165) is 25.2 Å². The van der Waals surface area contributed by atoms with Crippen LogP contribution in [0.1, 0.15) is 46.0 Å². The molecule has 2 nitrogen and oxygen atoms in total. The van der Waals surface area contributed by atoms with Crippen molar-refractivity contribution in [2.45, 2.75) is 52.0 Å². The fraction of sp³-hybridized carbons (Fsp3) is 0.909. The van der Waals surface area contributed by atoms with E-state index in [4.69, 9.17) is 5.73 Å². The normalized spacial score (nSPS) is 31.8. The molecule has 3 unspecified atom stereocenters. The smallest absolute Gasteiger partial charge is 0.137 e. The average Bonchev–Trinajstić information content (AvgIpc) is 2.08. The van der Waals surface area contributed by atoms with Gasteiger partial charge in [-0.2, -0.15) is 0 Å². The molecule has 2 N–H and O–H groups in total. The largest absolute Gasteiger partial charge is 0.327 e. The average molecular weight is 183 g/mol. The highest BCUT2D eigenvalue weighted by molar-refractivity contribution is 5.82. The van der Waals surface area contributed by atoms with Gasteiger partial charge in [-0.25, -0.2) is 0 Å². The zero-order valence-electron chi connectivity index (χ0n) is 8.75. The number of Topliss-reactive ketones (excluding diaryl/α,β-unsaturated/α-hetero) is 1. The van der Waals surface area contributed by atoms with Crippen LogP contribution in [0.5, 0.6) is 0 Å². The highest BCUT2D eigenvalue weighted by Gasteiger charge is 2.30. The maximum Gasteiger partial charge on any atom is 0.137 e. The molecular weight excluding hydrogens is 162 g/mol. The van der Waals surface area contributed by atoms with Crippen molar-refractivity contribution in [2.75, 3.05) is 0 Å². The maximum absolute atomic E-state index is 11.5. The highest BCUT2D eigenvalue weighted by atomic mass is 16.1. The molecule has 0 aliphatic heterocycles. The topological polar surface area (TPSA) is 43.1 Å². The van der Waals surface area contributed by atoms with Crippen molar-refractivity contribution in [1.29, 1.82) is 0 Å². The fourth-order valence-electron chi connectivity index (χ4n) is 2.32. The Morgan fingerprint density at radius 1 is 1.62 bits per heavy atom. The molecule has 0 spiro atoms. The Labute approximate surface area is 80.9 Å². The molecule has 3 atom stereocenters. The Morgan fingerprint density at radius 3 is 2.85 bits per heavy atom. The summed E-state index contributed by atoms with van der Waals surface area (Å²) >= 11 is 0. The maximum atomic E-state index is 11.5. The lowest BCUT2D eigenvalue weighted by Gasteiger charge is -2.30. The molecule has 0 heterocycles. The van der Waals surface area contributed by atoms with Crippen molar-refractivity contribution in [3.63, 3.8) is 0 Å². The molecule has 0 saturated heterocycles. The number of carbonyl (C=O) groups excluding carboxylic acids is 1. The summed E-state index contributed by atoms with van der Waals surface area (Å²) in [7, 11) is 0. The number of ketones is 1. The van der Waals surface area contributed by atoms with Crippen LogP contribution in [0.3, 0.4) is 0 Å². The van der Waals surface area contributed by atoms with Crippen molar-refractivity contribution in [1.82, 2.24) is 0 Å². The molecule has 0 bridgehead atoms. The number of nitrogens with two attached hydrogens (primary N) is 1. The molecular formula is C11H21NO. The highest BCUT2D eigenvalue weighted by Crippen LogP contribution is 2.30. The Morgan fingerprint density at radius 2 is 2.31 bits per heavy atom. The second-order valence-corrected chi connectivity index (χ2v) is 4.36. The first-order valence-electron chi connectivity index (χ1n) is 5.43. The van der Waals surface area contributed by atoms with Gasteiger partial charge in [0.1, 0.15) is 5.78 Å². The Balaban J connectivity index is 2.48. The molecule has 1 aliphatic rings. The van der Waals surface area contributed by atoms with Gasteiger partial charge in [-0.1, -0.05) is 19.8 Å². The quantitative estimate of drug-likeness (QED) is 0.728. The van der Waals surface area contributed by atoms with E-state index in [0.29, 0.717) is 5.78 Å². The van der Waals surface area contributed by atoms with Gasteiger partial charge in [-0.15, -0.1) is 0 Å². The lowest BCUT2D eigenvalue weighted by molar-refractivity contribution is -0.126. The van der Waals surface area contributed by atoms with Crippen LogP contribution in [-0.2, 0) is 4.79 Å². The molecule has 0 aromatic heterocycles. The van der Waals surface area contributed by atoms with E-state index in [9.17, 15) is 4.79 Å². The summed E-state index contributed by atoms with van der Waals surface area (Å²) in [6.45, 7) is 4.16. The zero-order valence-corrected chi connectivity index (χ0v) is 8.75. The molecule has 0 radical (unpaired) electrons. The first-order valence-corrected chi connectivity index (χ1v) is 5.43. The van der Waals surface area contributed by atoms with Gasteiger partial charge in [0.2, 0.25) is 0 Å². The van der Waals surface area contributed by atoms with Gasteiger partial charge in [0.15, 0.2) is 0 Å². The first kappa shape index (κ1) is 10.7. The van der Waals surface area contributed by atoms with Gasteiger partial charge in [0.25, 0.3) is 0 Å². The third-order valence-electron chi connectivity index (χ3n) is 3.13. The van der Waals surface area contributed by atoms with Gasteiger partial charge in [-0.3, -0.25) is 4.79 Å². The van der Waals surface area contributed by atoms with E-state index in [2.05, 4.69) is 6.92 Å². The second-order valence-electron chi connectivity index (χ2n) is 4.36. The third kappa shape index (κ3) is 2.80. The lowest BCUT2D eigenvalue weighted by Crippen LogP contribution is -2.37. The fourth-order valence-corrected chi connectivity index (χ4v) is 2.32. The van der Waals surface area contributed by atoms with E-state index in [1.807, 2.05) is 6.92 Å². The Kier molecular flexibility index (Phi) is 3.91. The number of carbonyl (C=O) groups is 1. The monoisotopic (exact) mass is 183 g/mol. The molecule has 76 valence electrons. The van der Waals surface area contributed by atoms with Crippen molar-refractivity contribution in [2.24, 2.45) is 17.6 Å². The van der Waals surface area contributed by atoms with E-state index < -0.39 is 0 Å². The molecule has 0 aromatic rings. The van der Waals surface area contributed by atoms with E-state index in [-0.39, 0.29) is 12.0 Å². The summed E-state index contributed by atoms with van der Waals surface area (Å²) in [5.41, 5.74) is 5.80. The van der Waals surface area contributed by atoms with Crippen molar-refractivity contribution in [3.05, 3.63) is 0 Å². The molecule has 2 heteroatoms. The van der Waals surface area contributed by atoms with Gasteiger partial charge < -0.3 is 5.73 Å². The predicted molar refractivity (Wildman–Crippen MR) is 54.4 cm³/mol. The second kappa shape index (κ2) is 4.75. The van der Waals surface area contributed by atoms with Crippen LogP contribution >= 0.6 is 0 Å². The summed E-state index contributed by atoms with van der Waals surface area (Å²) in [6.07, 6.45) is 5.37. The minimum atomic E-state index is 0.0483. The lowest BCUT2D eigenvalue weighted by atomic mass is 9.76. The van der Waals surface area contributed by atoms with Crippen molar-refractivity contribution in [3.8, 4) is 0 Å². The Bertz CT molecular complexity index is 177. The molecule has 1 fully saturated rings. The van der Waals surface area contributed by atoms with Crippen LogP contribution in [0.4, 0.5) is 0 Å². The standard InChI is InChI=1S/C11H21NO/c1-3-4-9-5-6-11(13)10(7-9)8(2)12/h8-10H,3-7,12H2,1-2H3. The minimum Gasteiger partial charge on any atom is -0.327 e. The van der Waals surface area contributed by atoms with Crippen molar-refractivity contribution < 1.29 is 4.79 Å². The summed E-state index contributed by atoms with van der Waals surface area (Å²) in [6, 6.07) is 0.0483. The van der Waals surface area contributed by atoms with E-state index >= 15 is 0 Å². The van der Waals surface area contributed by atoms with E-state index in [1.165, 1.54) is 12.8 Å². The van der Waals surface area contributed by atoms with Gasteiger partial charge in [-0.05, 0) is 25.7 Å². The third-order valence-corrected chi connectivity index (χ3v) is 3.13. The van der Waals surface area contributed by atoms with Crippen LogP contribution in [0.15, 0.2) is 0 Å². The first-order chi connectivity index (χ1) is 6.15. The molecule has 0 aromatic carbocycles. The summed E-state index contributed by atoms with van der Waals surface area (Å²) in [5.74, 6) is 1.28. The van der Waals surface area contributed by atoms with E-state index in [1.54, 1.807) is 0 Å². The molecule has 1 saturated carbocycles. The molecule has 13 heavy (non-hydrogen) atoms. The summed E-state index contributed by atoms with van der Waals surface area (Å²) < 4.78 is 0.